The van der Waals surface area contributed by atoms with Crippen LogP contribution in [-0.2, 0) is 42.7 Å². The number of hydrogen-bond donors (Lipinski definition) is 4. The first-order chi connectivity index (χ1) is 27.5. The van der Waals surface area contributed by atoms with Gasteiger partial charge in [0.2, 0.25) is 5.78 Å². The molecule has 5 aliphatic rings. The first-order valence-corrected chi connectivity index (χ1v) is 19.9. The van der Waals surface area contributed by atoms with Gasteiger partial charge in [-0.1, -0.05) is 19.1 Å². The van der Waals surface area contributed by atoms with Crippen molar-refractivity contribution in [2.45, 2.75) is 145 Å². The average Bonchev–Trinajstić information content (AvgIpc) is 3.17. The Labute approximate surface area is 336 Å². The van der Waals surface area contributed by atoms with Gasteiger partial charge in [0.1, 0.15) is 35.7 Å². The highest BCUT2D eigenvalue weighted by Gasteiger charge is 2.53. The highest BCUT2D eigenvalue weighted by Crippen LogP contribution is 2.54. The number of aliphatic hydroxyl groups excluding tert-OH is 1. The summed E-state index contributed by atoms with van der Waals surface area (Å²) < 4.78 is 42.6. The summed E-state index contributed by atoms with van der Waals surface area (Å²) in [6, 6.07) is 5.11. The summed E-state index contributed by atoms with van der Waals surface area (Å²) in [7, 11) is 4.91. The van der Waals surface area contributed by atoms with Crippen molar-refractivity contribution in [2.24, 2.45) is 0 Å². The number of esters is 1. The van der Waals surface area contributed by atoms with Crippen molar-refractivity contribution in [1.82, 2.24) is 4.90 Å². The number of benzene rings is 2. The van der Waals surface area contributed by atoms with Gasteiger partial charge in [-0.15, -0.1) is 0 Å². The zero-order valence-corrected chi connectivity index (χ0v) is 33.7. The van der Waals surface area contributed by atoms with E-state index >= 15 is 0 Å². The van der Waals surface area contributed by atoms with Crippen molar-refractivity contribution >= 4 is 23.3 Å². The van der Waals surface area contributed by atoms with Gasteiger partial charge >= 0.3 is 5.97 Å². The number of methoxy groups -OCH3 is 1. The molecule has 3 fully saturated rings. The zero-order chi connectivity index (χ0) is 42.0. The second kappa shape index (κ2) is 16.3. The summed E-state index contributed by atoms with van der Waals surface area (Å²) in [4.78, 5) is 55.0. The molecule has 0 saturated carbocycles. The first-order valence-electron chi connectivity index (χ1n) is 19.9. The van der Waals surface area contributed by atoms with Gasteiger partial charge in [-0.05, 0) is 59.0 Å². The fourth-order valence-corrected chi connectivity index (χ4v) is 9.27. The number of carbonyl (C=O) groups is 4. The second-order valence-electron chi connectivity index (χ2n) is 16.3. The van der Waals surface area contributed by atoms with Crippen LogP contribution < -0.4 is 0 Å². The van der Waals surface area contributed by atoms with Gasteiger partial charge in [-0.3, -0.25) is 19.2 Å². The molecule has 16 heteroatoms. The average molecular weight is 812 g/mol. The van der Waals surface area contributed by atoms with Crippen LogP contribution in [0.3, 0.4) is 0 Å². The van der Waals surface area contributed by atoms with E-state index in [2.05, 4.69) is 0 Å². The van der Waals surface area contributed by atoms with Crippen LogP contribution in [0.5, 0.6) is 11.5 Å². The fraction of sp³-hybridized carbons (Fsp3) is 0.619. The predicted molar refractivity (Wildman–Crippen MR) is 201 cm³/mol. The van der Waals surface area contributed by atoms with Gasteiger partial charge in [0.05, 0.1) is 48.3 Å². The van der Waals surface area contributed by atoms with Crippen molar-refractivity contribution < 1.29 is 72.8 Å². The molecular formula is C42H53NO15. The summed E-state index contributed by atoms with van der Waals surface area (Å²) >= 11 is 0. The molecule has 3 aliphatic heterocycles. The number of aliphatic hydroxyl groups is 2. The molecule has 0 bridgehead atoms. The Balaban J connectivity index is 1.13. The lowest BCUT2D eigenvalue weighted by Gasteiger charge is -2.48. The number of likely N-dealkylation sites (N-methyl/N-ethyl adjacent to an activating group) is 1. The molecule has 4 N–H and O–H groups in total. The van der Waals surface area contributed by atoms with Crippen molar-refractivity contribution in [3.05, 3.63) is 57.6 Å². The lowest BCUT2D eigenvalue weighted by Crippen LogP contribution is -2.58. The molecule has 0 aromatic heterocycles. The highest BCUT2D eigenvalue weighted by molar-refractivity contribution is 6.30. The number of carbonyl (C=O) groups excluding carboxylic acids is 4. The molecule has 16 nitrogen and oxygen atoms in total. The largest absolute Gasteiger partial charge is 0.507 e. The Morgan fingerprint density at radius 3 is 2.21 bits per heavy atom. The highest BCUT2D eigenvalue weighted by atomic mass is 16.7. The van der Waals surface area contributed by atoms with E-state index in [1.54, 1.807) is 27.7 Å². The van der Waals surface area contributed by atoms with Crippen molar-refractivity contribution in [3.63, 3.8) is 0 Å². The van der Waals surface area contributed by atoms with Gasteiger partial charge in [-0.25, -0.2) is 0 Å². The predicted octanol–water partition coefficient (Wildman–Crippen LogP) is 3.16. The Morgan fingerprint density at radius 1 is 0.897 bits per heavy atom. The molecule has 2 aromatic carbocycles. The molecule has 13 atom stereocenters. The van der Waals surface area contributed by atoms with Crippen LogP contribution >= 0.6 is 0 Å². The molecule has 11 unspecified atom stereocenters. The molecule has 3 heterocycles. The molecule has 7 rings (SSSR count). The topological polar surface area (TPSA) is 217 Å². The van der Waals surface area contributed by atoms with Gasteiger partial charge in [0, 0.05) is 54.8 Å². The zero-order valence-electron chi connectivity index (χ0n) is 33.7. The van der Waals surface area contributed by atoms with Crippen LogP contribution in [0.15, 0.2) is 24.3 Å². The van der Waals surface area contributed by atoms with Gasteiger partial charge in [0.25, 0.3) is 0 Å². The Morgan fingerprint density at radius 2 is 1.57 bits per heavy atom. The van der Waals surface area contributed by atoms with Gasteiger partial charge in [0.15, 0.2) is 30.4 Å². The molecule has 0 amide bonds. The third-order valence-corrected chi connectivity index (χ3v) is 12.4. The summed E-state index contributed by atoms with van der Waals surface area (Å²) in [6.07, 6.45) is -6.64. The second-order valence-corrected chi connectivity index (χ2v) is 16.3. The number of hydrogen-bond acceptors (Lipinski definition) is 16. The van der Waals surface area contributed by atoms with E-state index in [1.165, 1.54) is 31.4 Å². The van der Waals surface area contributed by atoms with E-state index in [4.69, 9.17) is 33.2 Å². The van der Waals surface area contributed by atoms with E-state index in [1.807, 2.05) is 19.0 Å². The Kier molecular flexibility index (Phi) is 11.9. The number of ketones is 3. The van der Waals surface area contributed by atoms with E-state index < -0.39 is 102 Å². The maximum Gasteiger partial charge on any atom is 0.316 e. The molecule has 2 aromatic rings. The number of aromatic hydroxyl groups is 2. The minimum absolute atomic E-state index is 0.00573. The normalized spacial score (nSPS) is 36.3. The summed E-state index contributed by atoms with van der Waals surface area (Å²) in [5, 5.41) is 45.9. The van der Waals surface area contributed by atoms with Crippen molar-refractivity contribution in [2.75, 3.05) is 21.2 Å². The first kappa shape index (κ1) is 42.3. The van der Waals surface area contributed by atoms with Crippen LogP contribution in [0.25, 0.3) is 0 Å². The van der Waals surface area contributed by atoms with E-state index in [-0.39, 0.29) is 70.9 Å². The fourth-order valence-electron chi connectivity index (χ4n) is 9.27. The summed E-state index contributed by atoms with van der Waals surface area (Å²) in [5.74, 6) is -4.59. The molecular weight excluding hydrogens is 758 g/mol. The number of fused-ring (bicyclic) bond motifs is 3. The summed E-state index contributed by atoms with van der Waals surface area (Å²) in [6.45, 7) is 6.95. The standard InChI is InChI=1S/C42H53NO15/c1-8-42(51)17-28(33-22(35(42)41(50)52-7)14-23-34(38(33)49)37(48)32-21(36(23)47)10-9-11-26(32)45)56-30-15-24(43(5)6)39(19(3)54-30)58-31-16-27(46)40(20(4)55-31)57-29-13-12-25(44)18(2)53-29/h9-11,14,18-20,24,27-31,35,39-40,45-46,49,51H,8,12-13,15-17H2,1-7H3/t18?,19?,20?,24?,27?,28?,29?,30?,31?,35-,39?,40?,42+/m0/s1. The van der Waals surface area contributed by atoms with Gasteiger partial charge in [-0.2, -0.15) is 0 Å². The number of phenols is 2. The molecule has 2 aliphatic carbocycles. The monoisotopic (exact) mass is 811 g/mol. The van der Waals surface area contributed by atoms with Gasteiger partial charge < -0.3 is 58.5 Å². The number of Topliss-reactive ketones (excluding diaryl/α,β-unsaturated/α-hetero) is 1. The smallest absolute Gasteiger partial charge is 0.316 e. The van der Waals surface area contributed by atoms with Crippen LogP contribution in [-0.4, -0.2) is 137 Å². The molecule has 0 radical (unpaired) electrons. The van der Waals surface area contributed by atoms with Crippen LogP contribution in [0.1, 0.15) is 121 Å². The minimum atomic E-state index is -1.76. The molecule has 58 heavy (non-hydrogen) atoms. The maximum absolute atomic E-state index is 13.9. The third-order valence-electron chi connectivity index (χ3n) is 12.4. The quantitative estimate of drug-likeness (QED) is 0.228. The van der Waals surface area contributed by atoms with Crippen LogP contribution in [0.4, 0.5) is 0 Å². The van der Waals surface area contributed by atoms with E-state index in [0.717, 1.165) is 0 Å². The molecule has 0 spiro atoms. The van der Waals surface area contributed by atoms with Crippen LogP contribution in [0.2, 0.25) is 0 Å². The number of nitrogens with zero attached hydrogens (tertiary/aromatic N) is 1. The van der Waals surface area contributed by atoms with E-state index in [0.29, 0.717) is 12.8 Å². The number of ether oxygens (including phenoxy) is 7. The lowest BCUT2D eigenvalue weighted by atomic mass is 9.67. The van der Waals surface area contributed by atoms with Crippen molar-refractivity contribution in [1.29, 1.82) is 0 Å². The molecule has 316 valence electrons. The Bertz CT molecular complexity index is 1940. The number of rotatable bonds is 9. The minimum Gasteiger partial charge on any atom is -0.507 e. The van der Waals surface area contributed by atoms with Crippen molar-refractivity contribution in [3.8, 4) is 11.5 Å². The Hall–Kier alpha value is -3.84. The number of phenolic OH excluding ortho intramolecular Hbond substituents is 2. The molecule has 3 saturated heterocycles. The lowest BCUT2D eigenvalue weighted by molar-refractivity contribution is -0.324. The third kappa shape index (κ3) is 7.47. The van der Waals surface area contributed by atoms with E-state index in [9.17, 15) is 39.6 Å². The maximum atomic E-state index is 13.9. The summed E-state index contributed by atoms with van der Waals surface area (Å²) in [5.41, 5.74) is -2.49. The van der Waals surface area contributed by atoms with Crippen LogP contribution in [0, 0.1) is 0 Å². The SMILES string of the molecule is CC[C@@]1(O)CC(OC2CC(N(C)C)C(OC3CC(O)C(OC4CCC(=O)C(C)O4)C(C)O3)C(C)O2)c2c(cc3c(c2O)C(=O)c2c(O)cccc2C3=O)[C@H]1C(=O)OC.